The molecule has 1 radical (unpaired) electrons. The summed E-state index contributed by atoms with van der Waals surface area (Å²) in [6.07, 6.45) is 1.72. The second-order valence-electron chi connectivity index (χ2n) is 3.26. The van der Waals surface area contributed by atoms with Gasteiger partial charge in [0.25, 0.3) is 6.29 Å². The summed E-state index contributed by atoms with van der Waals surface area (Å²) in [4.78, 5) is 12.5. The zero-order valence-electron chi connectivity index (χ0n) is 7.86. The number of carbonyl (C=O) groups excluding carboxylic acids is 1. The van der Waals surface area contributed by atoms with E-state index in [0.717, 1.165) is 38.6 Å². The molecule has 0 amide bonds. The zero-order valence-corrected chi connectivity index (χ0v) is 7.86. The largest absolute Gasteiger partial charge is 0.456 e. The number of hydrogen-bond donors (Lipinski definition) is 0. The van der Waals surface area contributed by atoms with E-state index in [1.807, 2.05) is 6.07 Å². The van der Waals surface area contributed by atoms with Crippen LogP contribution in [0.3, 0.4) is 0 Å². The lowest BCUT2D eigenvalue weighted by molar-refractivity contribution is 0.0313. The van der Waals surface area contributed by atoms with Crippen LogP contribution in [0, 0.1) is 0 Å². The first kappa shape index (κ1) is 9.43. The Bertz CT molecular complexity index is 302. The molecule has 1 aliphatic heterocycles. The molecule has 1 aliphatic rings. The highest BCUT2D eigenvalue weighted by Gasteiger charge is 2.12. The molecule has 2 rings (SSSR count). The van der Waals surface area contributed by atoms with E-state index in [2.05, 4.69) is 4.90 Å². The van der Waals surface area contributed by atoms with Gasteiger partial charge in [0.15, 0.2) is 5.76 Å². The van der Waals surface area contributed by atoms with Crippen LogP contribution in [0.1, 0.15) is 11.5 Å². The van der Waals surface area contributed by atoms with Crippen LogP contribution < -0.4 is 0 Å². The van der Waals surface area contributed by atoms with Gasteiger partial charge in [0, 0.05) is 13.1 Å². The van der Waals surface area contributed by atoms with Gasteiger partial charge in [-0.3, -0.25) is 9.69 Å². The standard InChI is InChI=1S/C10H12NO3/c12-8-10-2-1-9(14-10)7-11-3-5-13-6-4-11/h1-2H,3-7H2. The van der Waals surface area contributed by atoms with Gasteiger partial charge in [-0.2, -0.15) is 0 Å². The molecule has 14 heavy (non-hydrogen) atoms. The van der Waals surface area contributed by atoms with E-state index in [1.54, 1.807) is 12.4 Å². The lowest BCUT2D eigenvalue weighted by Crippen LogP contribution is -2.35. The van der Waals surface area contributed by atoms with Gasteiger partial charge >= 0.3 is 0 Å². The molecule has 0 bridgehead atoms. The minimum Gasteiger partial charge on any atom is -0.456 e. The van der Waals surface area contributed by atoms with Crippen LogP contribution in [0.2, 0.25) is 0 Å². The van der Waals surface area contributed by atoms with Crippen molar-refractivity contribution in [2.75, 3.05) is 26.3 Å². The van der Waals surface area contributed by atoms with Gasteiger partial charge < -0.3 is 9.15 Å². The Morgan fingerprint density at radius 2 is 2.14 bits per heavy atom. The second kappa shape index (κ2) is 4.39. The summed E-state index contributed by atoms with van der Waals surface area (Å²) in [5.74, 6) is 1.08. The highest BCUT2D eigenvalue weighted by atomic mass is 16.5. The molecule has 4 heteroatoms. The molecule has 0 spiro atoms. The number of morpholine rings is 1. The Morgan fingerprint density at radius 3 is 2.79 bits per heavy atom. The van der Waals surface area contributed by atoms with Gasteiger partial charge in [0.1, 0.15) is 5.76 Å². The third-order valence-electron chi connectivity index (χ3n) is 2.25. The van der Waals surface area contributed by atoms with E-state index in [9.17, 15) is 4.79 Å². The van der Waals surface area contributed by atoms with Crippen molar-refractivity contribution in [3.05, 3.63) is 23.7 Å². The first-order chi connectivity index (χ1) is 6.88. The normalized spacial score (nSPS) is 18.3. The van der Waals surface area contributed by atoms with Crippen molar-refractivity contribution in [1.29, 1.82) is 0 Å². The number of hydrogen-bond acceptors (Lipinski definition) is 4. The highest BCUT2D eigenvalue weighted by Crippen LogP contribution is 2.10. The Kier molecular flexibility index (Phi) is 2.96. The Labute approximate surface area is 82.4 Å². The maximum absolute atomic E-state index is 10.3. The summed E-state index contributed by atoms with van der Waals surface area (Å²) in [5, 5.41) is 0. The molecule has 1 aromatic rings. The van der Waals surface area contributed by atoms with E-state index in [0.29, 0.717) is 0 Å². The fourth-order valence-electron chi connectivity index (χ4n) is 1.50. The predicted molar refractivity (Wildman–Crippen MR) is 49.6 cm³/mol. The molecule has 0 aliphatic carbocycles. The zero-order chi connectivity index (χ0) is 9.80. The summed E-state index contributed by atoms with van der Waals surface area (Å²) >= 11 is 0. The number of furan rings is 1. The molecular weight excluding hydrogens is 182 g/mol. The SMILES string of the molecule is O=[C]c1ccc(CN2CCOCC2)o1. The molecule has 2 heterocycles. The van der Waals surface area contributed by atoms with Gasteiger partial charge in [0.05, 0.1) is 19.8 Å². The first-order valence-electron chi connectivity index (χ1n) is 4.65. The summed E-state index contributed by atoms with van der Waals surface area (Å²) in [7, 11) is 0. The number of nitrogens with zero attached hydrogens (tertiary/aromatic N) is 1. The molecule has 0 unspecified atom stereocenters. The number of ether oxygens (including phenoxy) is 1. The molecule has 1 fully saturated rings. The maximum Gasteiger partial charge on any atom is 0.271 e. The molecule has 0 aromatic carbocycles. The van der Waals surface area contributed by atoms with E-state index >= 15 is 0 Å². The van der Waals surface area contributed by atoms with Crippen LogP contribution in [0.4, 0.5) is 0 Å². The van der Waals surface area contributed by atoms with E-state index in [-0.39, 0.29) is 5.76 Å². The van der Waals surface area contributed by atoms with E-state index in [4.69, 9.17) is 9.15 Å². The minimum atomic E-state index is 0.272. The summed E-state index contributed by atoms with van der Waals surface area (Å²) in [5.41, 5.74) is 0. The molecule has 1 saturated heterocycles. The van der Waals surface area contributed by atoms with Gasteiger partial charge in [-0.1, -0.05) is 0 Å². The molecule has 75 valence electrons. The Morgan fingerprint density at radius 1 is 1.36 bits per heavy atom. The molecule has 0 saturated carbocycles. The van der Waals surface area contributed by atoms with Crippen molar-refractivity contribution in [2.24, 2.45) is 0 Å². The van der Waals surface area contributed by atoms with Gasteiger partial charge in [-0.25, -0.2) is 0 Å². The van der Waals surface area contributed by atoms with Gasteiger partial charge in [-0.15, -0.1) is 0 Å². The minimum absolute atomic E-state index is 0.272. The molecular formula is C10H12NO3. The van der Waals surface area contributed by atoms with Crippen LogP contribution in [0.5, 0.6) is 0 Å². The molecule has 0 N–H and O–H groups in total. The average Bonchev–Trinajstić information content (AvgIpc) is 2.67. The lowest BCUT2D eigenvalue weighted by atomic mass is 10.3. The highest BCUT2D eigenvalue weighted by molar-refractivity contribution is 5.70. The molecule has 1 aromatic heterocycles. The number of rotatable bonds is 3. The third kappa shape index (κ3) is 2.21. The quantitative estimate of drug-likeness (QED) is 0.705. The lowest BCUT2D eigenvalue weighted by Gasteiger charge is -2.25. The van der Waals surface area contributed by atoms with Crippen LogP contribution in [-0.4, -0.2) is 37.5 Å². The topological polar surface area (TPSA) is 42.7 Å². The van der Waals surface area contributed by atoms with Crippen molar-refractivity contribution in [1.82, 2.24) is 4.90 Å². The van der Waals surface area contributed by atoms with Crippen LogP contribution in [-0.2, 0) is 16.1 Å². The third-order valence-corrected chi connectivity index (χ3v) is 2.25. The first-order valence-corrected chi connectivity index (χ1v) is 4.65. The fraction of sp³-hybridized carbons (Fsp3) is 0.500. The van der Waals surface area contributed by atoms with Gasteiger partial charge in [0.2, 0.25) is 0 Å². The predicted octanol–water partition coefficient (Wildman–Crippen LogP) is 0.570. The second-order valence-corrected chi connectivity index (χ2v) is 3.26. The van der Waals surface area contributed by atoms with Crippen molar-refractivity contribution in [3.63, 3.8) is 0 Å². The Balaban J connectivity index is 1.92. The van der Waals surface area contributed by atoms with E-state index < -0.39 is 0 Å². The fourth-order valence-corrected chi connectivity index (χ4v) is 1.50. The smallest absolute Gasteiger partial charge is 0.271 e. The summed E-state index contributed by atoms with van der Waals surface area (Å²) in [6.45, 7) is 4.12. The van der Waals surface area contributed by atoms with Crippen molar-refractivity contribution >= 4 is 6.29 Å². The van der Waals surface area contributed by atoms with Crippen LogP contribution >= 0.6 is 0 Å². The average molecular weight is 194 g/mol. The Hall–Kier alpha value is -1.13. The molecule has 4 nitrogen and oxygen atoms in total. The van der Waals surface area contributed by atoms with Crippen molar-refractivity contribution in [3.8, 4) is 0 Å². The molecule has 0 atom stereocenters. The van der Waals surface area contributed by atoms with Crippen molar-refractivity contribution < 1.29 is 13.9 Å². The van der Waals surface area contributed by atoms with Gasteiger partial charge in [-0.05, 0) is 12.1 Å². The maximum atomic E-state index is 10.3. The van der Waals surface area contributed by atoms with E-state index in [1.165, 1.54) is 0 Å². The van der Waals surface area contributed by atoms with Crippen molar-refractivity contribution in [2.45, 2.75) is 6.54 Å². The van der Waals surface area contributed by atoms with Crippen LogP contribution in [0.25, 0.3) is 0 Å². The summed E-state index contributed by atoms with van der Waals surface area (Å²) in [6, 6.07) is 3.46. The van der Waals surface area contributed by atoms with Crippen LogP contribution in [0.15, 0.2) is 16.5 Å². The summed E-state index contributed by atoms with van der Waals surface area (Å²) < 4.78 is 10.5. The monoisotopic (exact) mass is 194 g/mol.